The quantitative estimate of drug-likeness (QED) is 0.742. The molecule has 0 spiro atoms. The van der Waals surface area contributed by atoms with Gasteiger partial charge in [-0.25, -0.2) is 0 Å². The van der Waals surface area contributed by atoms with Crippen molar-refractivity contribution < 1.29 is 13.2 Å². The van der Waals surface area contributed by atoms with Gasteiger partial charge in [-0.3, -0.25) is 0 Å². The third-order valence-electron chi connectivity index (χ3n) is 4.68. The number of nitrogens with zero attached hydrogens (tertiary/aromatic N) is 1. The highest BCUT2D eigenvalue weighted by Gasteiger charge is 2.42. The SMILES string of the molecule is CCS(=O)(=O)[N+]1(c2cccc(COc3ccccc3)c2)C=C(CN)C=CC1. The summed E-state index contributed by atoms with van der Waals surface area (Å²) in [7, 11) is -3.45. The predicted molar refractivity (Wildman–Crippen MR) is 110 cm³/mol. The highest BCUT2D eigenvalue weighted by atomic mass is 32.2. The fraction of sp³-hybridized carbons (Fsp3) is 0.238. The van der Waals surface area contributed by atoms with Gasteiger partial charge in [-0.1, -0.05) is 36.4 Å². The van der Waals surface area contributed by atoms with Gasteiger partial charge in [0.2, 0.25) is 0 Å². The highest BCUT2D eigenvalue weighted by Crippen LogP contribution is 2.33. The molecular formula is C21H25N2O3S+. The number of rotatable bonds is 7. The zero-order chi connectivity index (χ0) is 19.3. The van der Waals surface area contributed by atoms with Gasteiger partial charge in [-0.05, 0) is 30.7 Å². The third-order valence-corrected chi connectivity index (χ3v) is 6.86. The van der Waals surface area contributed by atoms with Crippen molar-refractivity contribution in [1.82, 2.24) is 3.89 Å². The Morgan fingerprint density at radius 3 is 2.59 bits per heavy atom. The van der Waals surface area contributed by atoms with Crippen LogP contribution in [0.1, 0.15) is 12.5 Å². The van der Waals surface area contributed by atoms with Crippen molar-refractivity contribution >= 4 is 15.7 Å². The first-order valence-corrected chi connectivity index (χ1v) is 10.6. The number of sulfonamides is 1. The van der Waals surface area contributed by atoms with Gasteiger partial charge in [0, 0.05) is 24.3 Å². The van der Waals surface area contributed by atoms with Crippen molar-refractivity contribution in [3.63, 3.8) is 0 Å². The maximum Gasteiger partial charge on any atom is 0.306 e. The summed E-state index contributed by atoms with van der Waals surface area (Å²) in [6, 6.07) is 17.1. The summed E-state index contributed by atoms with van der Waals surface area (Å²) >= 11 is 0. The van der Waals surface area contributed by atoms with Gasteiger partial charge < -0.3 is 10.5 Å². The fourth-order valence-corrected chi connectivity index (χ4v) is 4.68. The van der Waals surface area contributed by atoms with E-state index in [1.54, 1.807) is 13.1 Å². The molecule has 27 heavy (non-hydrogen) atoms. The topological polar surface area (TPSA) is 69.4 Å². The Morgan fingerprint density at radius 2 is 1.89 bits per heavy atom. The molecule has 0 aliphatic carbocycles. The summed E-state index contributed by atoms with van der Waals surface area (Å²) in [5, 5.41) is 0. The average Bonchev–Trinajstić information content (AvgIpc) is 2.73. The molecule has 2 aromatic rings. The molecule has 2 aromatic carbocycles. The number of hydrogen-bond donors (Lipinski definition) is 1. The molecule has 0 radical (unpaired) electrons. The molecule has 0 saturated carbocycles. The molecule has 2 N–H and O–H groups in total. The highest BCUT2D eigenvalue weighted by molar-refractivity contribution is 7.91. The molecule has 5 nitrogen and oxygen atoms in total. The minimum absolute atomic E-state index is 0.0416. The van der Waals surface area contributed by atoms with E-state index < -0.39 is 10.0 Å². The lowest BCUT2D eigenvalue weighted by Gasteiger charge is -2.34. The van der Waals surface area contributed by atoms with Crippen LogP contribution in [-0.2, 0) is 16.6 Å². The van der Waals surface area contributed by atoms with E-state index in [0.717, 1.165) is 16.9 Å². The standard InChI is InChI=1S/C21H25N2O3S/c1-2-27(24,25)23(13-7-9-19(15-22)16-23)20-10-6-8-18(14-20)17-26-21-11-4-3-5-12-21/h3-12,14,16H,2,13,15,17,22H2,1H3/q+1. The number of ether oxygens (including phenoxy) is 1. The Labute approximate surface area is 161 Å². The van der Waals surface area contributed by atoms with Crippen LogP contribution in [0.2, 0.25) is 0 Å². The van der Waals surface area contributed by atoms with E-state index in [0.29, 0.717) is 25.4 Å². The zero-order valence-corrected chi connectivity index (χ0v) is 16.2. The van der Waals surface area contributed by atoms with Gasteiger partial charge in [0.15, 0.2) is 5.69 Å². The third kappa shape index (κ3) is 3.98. The first kappa shape index (κ1) is 19.4. The monoisotopic (exact) mass is 385 g/mol. The van der Waals surface area contributed by atoms with Crippen LogP contribution >= 0.6 is 0 Å². The molecular weight excluding hydrogens is 360 g/mol. The minimum Gasteiger partial charge on any atom is -0.489 e. The number of quaternary nitrogens is 1. The van der Waals surface area contributed by atoms with Gasteiger partial charge in [-0.2, -0.15) is 12.3 Å². The summed E-state index contributed by atoms with van der Waals surface area (Å²) in [6.45, 7) is 2.69. The van der Waals surface area contributed by atoms with Crippen LogP contribution in [0.5, 0.6) is 5.75 Å². The molecule has 0 saturated heterocycles. The van der Waals surface area contributed by atoms with E-state index >= 15 is 0 Å². The Hall–Kier alpha value is -2.41. The molecule has 0 fully saturated rings. The Balaban J connectivity index is 1.97. The van der Waals surface area contributed by atoms with Gasteiger partial charge in [0.05, 0.1) is 5.75 Å². The van der Waals surface area contributed by atoms with Crippen LogP contribution in [0.4, 0.5) is 5.69 Å². The fourth-order valence-electron chi connectivity index (χ4n) is 3.17. The van der Waals surface area contributed by atoms with Gasteiger partial charge >= 0.3 is 10.0 Å². The van der Waals surface area contributed by atoms with Crippen LogP contribution in [0, 0.1) is 0 Å². The lowest BCUT2D eigenvalue weighted by molar-refractivity contribution is 0.306. The van der Waals surface area contributed by atoms with Crippen LogP contribution < -0.4 is 14.4 Å². The number of hydrogen-bond acceptors (Lipinski definition) is 4. The molecule has 0 aromatic heterocycles. The molecule has 1 heterocycles. The van der Waals surface area contributed by atoms with Gasteiger partial charge in [-0.15, -0.1) is 0 Å². The largest absolute Gasteiger partial charge is 0.489 e. The Bertz CT molecular complexity index is 952. The molecule has 0 bridgehead atoms. The lowest BCUT2D eigenvalue weighted by Crippen LogP contribution is -2.51. The Kier molecular flexibility index (Phi) is 5.79. The second-order valence-electron chi connectivity index (χ2n) is 6.43. The van der Waals surface area contributed by atoms with Crippen molar-refractivity contribution in [3.8, 4) is 5.75 Å². The summed E-state index contributed by atoms with van der Waals surface area (Å²) in [4.78, 5) is 0. The first-order valence-electron chi connectivity index (χ1n) is 8.97. The second-order valence-corrected chi connectivity index (χ2v) is 8.82. The number of para-hydroxylation sites is 1. The van der Waals surface area contributed by atoms with E-state index in [1.165, 1.54) is 0 Å². The van der Waals surface area contributed by atoms with E-state index in [4.69, 9.17) is 10.5 Å². The summed E-state index contributed by atoms with van der Waals surface area (Å²) in [6.07, 6.45) is 5.53. The maximum absolute atomic E-state index is 13.1. The van der Waals surface area contributed by atoms with Crippen molar-refractivity contribution in [1.29, 1.82) is 0 Å². The lowest BCUT2D eigenvalue weighted by atomic mass is 10.1. The predicted octanol–water partition coefficient (Wildman–Crippen LogP) is 3.34. The van der Waals surface area contributed by atoms with Crippen molar-refractivity contribution in [3.05, 3.63) is 84.1 Å². The van der Waals surface area contributed by atoms with Crippen molar-refractivity contribution in [2.45, 2.75) is 13.5 Å². The molecule has 1 atom stereocenters. The number of nitrogens with two attached hydrogens (primary N) is 1. The second kappa shape index (κ2) is 8.08. The Morgan fingerprint density at radius 1 is 1.11 bits per heavy atom. The minimum atomic E-state index is -3.45. The molecule has 1 unspecified atom stereocenters. The molecule has 3 rings (SSSR count). The number of benzene rings is 2. The summed E-state index contributed by atoms with van der Waals surface area (Å²) in [5.74, 6) is 0.819. The van der Waals surface area contributed by atoms with Crippen molar-refractivity contribution in [2.75, 3.05) is 18.8 Å². The average molecular weight is 386 g/mol. The molecule has 0 amide bonds. The van der Waals surface area contributed by atoms with E-state index in [1.807, 2.05) is 66.7 Å². The van der Waals surface area contributed by atoms with E-state index in [9.17, 15) is 8.42 Å². The van der Waals surface area contributed by atoms with Crippen LogP contribution in [0.3, 0.4) is 0 Å². The van der Waals surface area contributed by atoms with E-state index in [2.05, 4.69) is 0 Å². The maximum atomic E-state index is 13.1. The summed E-state index contributed by atoms with van der Waals surface area (Å²) in [5.41, 5.74) is 8.20. The van der Waals surface area contributed by atoms with E-state index in [-0.39, 0.29) is 9.64 Å². The molecule has 1 aliphatic heterocycles. The van der Waals surface area contributed by atoms with Crippen molar-refractivity contribution in [2.24, 2.45) is 5.73 Å². The zero-order valence-electron chi connectivity index (χ0n) is 15.4. The van der Waals surface area contributed by atoms with Crippen LogP contribution in [0.15, 0.2) is 78.5 Å². The van der Waals surface area contributed by atoms with Gasteiger partial charge in [0.25, 0.3) is 0 Å². The van der Waals surface area contributed by atoms with Crippen LogP contribution in [0.25, 0.3) is 0 Å². The van der Waals surface area contributed by atoms with Crippen LogP contribution in [-0.4, -0.2) is 27.3 Å². The normalized spacial score (nSPS) is 19.6. The molecule has 142 valence electrons. The molecule has 1 aliphatic rings. The smallest absolute Gasteiger partial charge is 0.306 e. The summed E-state index contributed by atoms with van der Waals surface area (Å²) < 4.78 is 31.7. The van der Waals surface area contributed by atoms with Gasteiger partial charge in [0.1, 0.15) is 25.1 Å². The first-order chi connectivity index (χ1) is 13.0. The molecule has 6 heteroatoms.